The molecule has 0 saturated carbocycles. The molecule has 1 aromatic carbocycles. The third-order valence-corrected chi connectivity index (χ3v) is 3.48. The molecule has 0 aliphatic carbocycles. The van der Waals surface area contributed by atoms with Crippen LogP contribution in [0, 0.1) is 0 Å². The molecule has 0 atom stereocenters. The second-order valence-corrected chi connectivity index (χ2v) is 5.29. The predicted molar refractivity (Wildman–Crippen MR) is 94.8 cm³/mol. The fourth-order valence-electron chi connectivity index (χ4n) is 2.26. The van der Waals surface area contributed by atoms with Crippen molar-refractivity contribution in [3.63, 3.8) is 0 Å². The van der Waals surface area contributed by atoms with Gasteiger partial charge in [0.25, 0.3) is 0 Å². The fraction of sp³-hybridized carbons (Fsp3) is 0.0500. The molecule has 4 heteroatoms. The SMILES string of the molecule is O=C(/C=C/c1ccccc1)NCc1cncc(-c2cccnc2)c1. The molecule has 0 fully saturated rings. The van der Waals surface area contributed by atoms with Crippen LogP contribution in [0.1, 0.15) is 11.1 Å². The lowest BCUT2D eigenvalue weighted by atomic mass is 10.1. The monoisotopic (exact) mass is 315 g/mol. The maximum absolute atomic E-state index is 11.9. The van der Waals surface area contributed by atoms with Gasteiger partial charge in [-0.1, -0.05) is 36.4 Å². The first kappa shape index (κ1) is 15.6. The van der Waals surface area contributed by atoms with Gasteiger partial charge in [-0.25, -0.2) is 0 Å². The van der Waals surface area contributed by atoms with Crippen molar-refractivity contribution >= 4 is 12.0 Å². The number of benzene rings is 1. The summed E-state index contributed by atoms with van der Waals surface area (Å²) in [4.78, 5) is 20.3. The summed E-state index contributed by atoms with van der Waals surface area (Å²) in [6.45, 7) is 0.430. The maximum Gasteiger partial charge on any atom is 0.244 e. The van der Waals surface area contributed by atoms with Crippen LogP contribution in [0.2, 0.25) is 0 Å². The summed E-state index contributed by atoms with van der Waals surface area (Å²) in [6.07, 6.45) is 10.4. The molecule has 0 spiro atoms. The second kappa shape index (κ2) is 7.83. The van der Waals surface area contributed by atoms with E-state index in [-0.39, 0.29) is 5.91 Å². The zero-order chi connectivity index (χ0) is 16.6. The van der Waals surface area contributed by atoms with Gasteiger partial charge >= 0.3 is 0 Å². The van der Waals surface area contributed by atoms with Gasteiger partial charge in [-0.2, -0.15) is 0 Å². The number of nitrogens with one attached hydrogen (secondary N) is 1. The third kappa shape index (κ3) is 4.36. The van der Waals surface area contributed by atoms with Gasteiger partial charge in [0.2, 0.25) is 5.91 Å². The van der Waals surface area contributed by atoms with E-state index in [1.165, 1.54) is 6.08 Å². The highest BCUT2D eigenvalue weighted by atomic mass is 16.1. The van der Waals surface area contributed by atoms with Crippen LogP contribution in [-0.2, 0) is 11.3 Å². The summed E-state index contributed by atoms with van der Waals surface area (Å²) in [5, 5.41) is 2.87. The van der Waals surface area contributed by atoms with Crippen molar-refractivity contribution in [2.24, 2.45) is 0 Å². The van der Waals surface area contributed by atoms with Gasteiger partial charge in [0, 0.05) is 48.5 Å². The number of rotatable bonds is 5. The summed E-state index contributed by atoms with van der Waals surface area (Å²) >= 11 is 0. The van der Waals surface area contributed by atoms with Crippen molar-refractivity contribution in [3.05, 3.63) is 90.5 Å². The lowest BCUT2D eigenvalue weighted by molar-refractivity contribution is -0.116. The minimum absolute atomic E-state index is 0.134. The standard InChI is InChI=1S/C20H17N3O/c24-20(9-8-16-5-2-1-3-6-16)23-13-17-11-19(15-22-12-17)18-7-4-10-21-14-18/h1-12,14-15H,13H2,(H,23,24)/b9-8+. The minimum Gasteiger partial charge on any atom is -0.348 e. The Labute approximate surface area is 140 Å². The highest BCUT2D eigenvalue weighted by Gasteiger charge is 2.02. The van der Waals surface area contributed by atoms with E-state index in [1.54, 1.807) is 30.9 Å². The number of hydrogen-bond donors (Lipinski definition) is 1. The van der Waals surface area contributed by atoms with Crippen molar-refractivity contribution in [1.29, 1.82) is 0 Å². The van der Waals surface area contributed by atoms with Crippen molar-refractivity contribution < 1.29 is 4.79 Å². The summed E-state index contributed by atoms with van der Waals surface area (Å²) in [7, 11) is 0. The van der Waals surface area contributed by atoms with Gasteiger partial charge < -0.3 is 5.32 Å². The largest absolute Gasteiger partial charge is 0.348 e. The Bertz CT molecular complexity index is 830. The van der Waals surface area contributed by atoms with E-state index in [0.29, 0.717) is 6.54 Å². The molecule has 4 nitrogen and oxygen atoms in total. The molecule has 3 aromatic rings. The van der Waals surface area contributed by atoms with Gasteiger partial charge in [0.15, 0.2) is 0 Å². The van der Waals surface area contributed by atoms with Crippen LogP contribution in [0.15, 0.2) is 79.4 Å². The molecule has 24 heavy (non-hydrogen) atoms. The quantitative estimate of drug-likeness (QED) is 0.733. The molecule has 0 unspecified atom stereocenters. The Morgan fingerprint density at radius 3 is 2.58 bits per heavy atom. The molecule has 1 amide bonds. The van der Waals surface area contributed by atoms with Crippen LogP contribution >= 0.6 is 0 Å². The normalized spacial score (nSPS) is 10.7. The summed E-state index contributed by atoms with van der Waals surface area (Å²) < 4.78 is 0. The molecule has 2 heterocycles. The van der Waals surface area contributed by atoms with E-state index in [0.717, 1.165) is 22.3 Å². The van der Waals surface area contributed by atoms with E-state index in [2.05, 4.69) is 15.3 Å². The topological polar surface area (TPSA) is 54.9 Å². The molecule has 0 radical (unpaired) electrons. The van der Waals surface area contributed by atoms with Gasteiger partial charge in [0.05, 0.1) is 0 Å². The van der Waals surface area contributed by atoms with E-state index < -0.39 is 0 Å². The molecule has 2 aromatic heterocycles. The number of hydrogen-bond acceptors (Lipinski definition) is 3. The summed E-state index contributed by atoms with van der Waals surface area (Å²) in [5.41, 5.74) is 3.92. The number of amides is 1. The van der Waals surface area contributed by atoms with Crippen molar-refractivity contribution in [1.82, 2.24) is 15.3 Å². The van der Waals surface area contributed by atoms with Gasteiger partial charge in [-0.3, -0.25) is 14.8 Å². The first-order valence-electron chi connectivity index (χ1n) is 7.66. The molecule has 0 aliphatic heterocycles. The van der Waals surface area contributed by atoms with Gasteiger partial charge in [0.1, 0.15) is 0 Å². The number of carbonyl (C=O) groups is 1. The summed E-state index contributed by atoms with van der Waals surface area (Å²) in [6, 6.07) is 15.6. The van der Waals surface area contributed by atoms with E-state index in [1.807, 2.05) is 48.5 Å². The molecule has 118 valence electrons. The number of nitrogens with zero attached hydrogens (tertiary/aromatic N) is 2. The maximum atomic E-state index is 11.9. The second-order valence-electron chi connectivity index (χ2n) is 5.29. The number of aromatic nitrogens is 2. The molecule has 0 saturated heterocycles. The third-order valence-electron chi connectivity index (χ3n) is 3.48. The van der Waals surface area contributed by atoms with E-state index in [4.69, 9.17) is 0 Å². The zero-order valence-electron chi connectivity index (χ0n) is 13.1. The number of pyridine rings is 2. The first-order chi connectivity index (χ1) is 11.8. The van der Waals surface area contributed by atoms with Crippen LogP contribution in [-0.4, -0.2) is 15.9 Å². The Morgan fingerprint density at radius 1 is 0.958 bits per heavy atom. The summed E-state index contributed by atoms with van der Waals surface area (Å²) in [5.74, 6) is -0.134. The Kier molecular flexibility index (Phi) is 5.10. The highest BCUT2D eigenvalue weighted by Crippen LogP contribution is 2.17. The lowest BCUT2D eigenvalue weighted by Gasteiger charge is -2.05. The van der Waals surface area contributed by atoms with E-state index >= 15 is 0 Å². The van der Waals surface area contributed by atoms with Crippen LogP contribution in [0.3, 0.4) is 0 Å². The highest BCUT2D eigenvalue weighted by molar-refractivity contribution is 5.91. The average Bonchev–Trinajstić information content (AvgIpc) is 2.66. The molecular formula is C20H17N3O. The van der Waals surface area contributed by atoms with Crippen molar-refractivity contribution in [3.8, 4) is 11.1 Å². The molecular weight excluding hydrogens is 298 g/mol. The van der Waals surface area contributed by atoms with Crippen LogP contribution in [0.4, 0.5) is 0 Å². The molecule has 3 rings (SSSR count). The zero-order valence-corrected chi connectivity index (χ0v) is 13.1. The fourth-order valence-corrected chi connectivity index (χ4v) is 2.26. The van der Waals surface area contributed by atoms with Gasteiger partial charge in [-0.05, 0) is 29.3 Å². The smallest absolute Gasteiger partial charge is 0.244 e. The Hall–Kier alpha value is -3.27. The van der Waals surface area contributed by atoms with E-state index in [9.17, 15) is 4.79 Å². The first-order valence-corrected chi connectivity index (χ1v) is 7.66. The number of carbonyl (C=O) groups excluding carboxylic acids is 1. The van der Waals surface area contributed by atoms with Crippen LogP contribution in [0.25, 0.3) is 17.2 Å². The Morgan fingerprint density at radius 2 is 1.79 bits per heavy atom. The van der Waals surface area contributed by atoms with Crippen LogP contribution in [0.5, 0.6) is 0 Å². The lowest BCUT2D eigenvalue weighted by Crippen LogP contribution is -2.20. The van der Waals surface area contributed by atoms with Crippen LogP contribution < -0.4 is 5.32 Å². The van der Waals surface area contributed by atoms with Gasteiger partial charge in [-0.15, -0.1) is 0 Å². The predicted octanol–water partition coefficient (Wildman–Crippen LogP) is 3.47. The van der Waals surface area contributed by atoms with Crippen molar-refractivity contribution in [2.75, 3.05) is 0 Å². The molecule has 1 N–H and O–H groups in total. The molecule has 0 bridgehead atoms. The minimum atomic E-state index is -0.134. The molecule has 0 aliphatic rings. The average molecular weight is 315 g/mol. The van der Waals surface area contributed by atoms with Crippen molar-refractivity contribution in [2.45, 2.75) is 6.54 Å². The Balaban J connectivity index is 1.61.